The summed E-state index contributed by atoms with van der Waals surface area (Å²) in [6.45, 7) is 6.35. The lowest BCUT2D eigenvalue weighted by Crippen LogP contribution is -2.58. The van der Waals surface area contributed by atoms with E-state index in [0.29, 0.717) is 49.6 Å². The van der Waals surface area contributed by atoms with Gasteiger partial charge in [0.2, 0.25) is 17.7 Å². The van der Waals surface area contributed by atoms with E-state index in [-0.39, 0.29) is 44.3 Å². The van der Waals surface area contributed by atoms with E-state index >= 15 is 0 Å². The average Bonchev–Trinajstić information content (AvgIpc) is 3.89. The zero-order valence-electron chi connectivity index (χ0n) is 28.3. The molecule has 2 aliphatic carbocycles. The summed E-state index contributed by atoms with van der Waals surface area (Å²) in [6, 6.07) is 2.52. The predicted octanol–water partition coefficient (Wildman–Crippen LogP) is 2.91. The molecule has 5 aliphatic rings. The summed E-state index contributed by atoms with van der Waals surface area (Å²) in [4.78, 5) is 70.7. The summed E-state index contributed by atoms with van der Waals surface area (Å²) in [5.74, 6) is -1.61. The summed E-state index contributed by atoms with van der Waals surface area (Å²) in [5.41, 5.74) is -0.896. The highest BCUT2D eigenvalue weighted by Crippen LogP contribution is 2.45. The van der Waals surface area contributed by atoms with E-state index in [9.17, 15) is 28.4 Å². The van der Waals surface area contributed by atoms with Crippen LogP contribution in [-0.4, -0.2) is 95.3 Å². The van der Waals surface area contributed by atoms with Crippen molar-refractivity contribution in [2.75, 3.05) is 26.3 Å². The van der Waals surface area contributed by atoms with Crippen LogP contribution in [0.15, 0.2) is 30.4 Å². The van der Waals surface area contributed by atoms with Gasteiger partial charge in [-0.3, -0.25) is 19.3 Å². The smallest absolute Gasteiger partial charge is 0.410 e. The van der Waals surface area contributed by atoms with Crippen molar-refractivity contribution in [3.8, 4) is 0 Å². The number of alkyl carbamates (subject to hydrolysis) is 1. The molecule has 13 nitrogen and oxygen atoms in total. The number of hydrogen-bond acceptors (Lipinski definition) is 8. The number of amides is 5. The predicted molar refractivity (Wildman–Crippen MR) is 173 cm³/mol. The normalized spacial score (nSPS) is 29.3. The monoisotopic (exact) mass is 683 g/mol. The van der Waals surface area contributed by atoms with Gasteiger partial charge in [0.15, 0.2) is 0 Å². The largest absolute Gasteiger partial charge is 0.444 e. The molecule has 3 aliphatic heterocycles. The van der Waals surface area contributed by atoms with Crippen molar-refractivity contribution < 1.29 is 42.6 Å². The molecule has 3 N–H and O–H groups in total. The maximum absolute atomic E-state index is 14.4. The Morgan fingerprint density at radius 2 is 1.94 bits per heavy atom. The SMILES string of the molecule is CC(C)(C)OC(=O)N[C@H]1CCCOC/C=C\[C@H]2C[C@@]2(C(=O)NCC2CC2)NC(=O)[C@@H]2C[C@@H](OC(=O)N3Cc4cccc(F)c4C3)CN2C1=O. The third-order valence-corrected chi connectivity index (χ3v) is 9.67. The molecule has 0 radical (unpaired) electrons. The molecule has 0 spiro atoms. The fourth-order valence-corrected chi connectivity index (χ4v) is 6.77. The van der Waals surface area contributed by atoms with E-state index in [1.807, 2.05) is 12.2 Å². The molecule has 0 unspecified atom stereocenters. The summed E-state index contributed by atoms with van der Waals surface area (Å²) >= 11 is 0. The highest BCUT2D eigenvalue weighted by molar-refractivity contribution is 5.98. The number of benzene rings is 1. The van der Waals surface area contributed by atoms with Crippen LogP contribution in [0.2, 0.25) is 0 Å². The standard InChI is InChI=1S/C35H46FN5O8/c1-34(2,3)49-32(45)38-27-10-6-14-47-13-5-8-23-16-35(23,31(44)37-17-21-11-12-21)39-29(42)28-15-24(19-41(28)30(27)43)48-33(46)40-18-22-7-4-9-26(36)25(22)20-40/h4-5,7-9,21,23-24,27-28H,6,10-20H2,1-3H3,(H,37,44)(H,38,45)(H,39,42)/b8-5-/t23-,24+,27-,28-,35+/m0/s1. The van der Waals surface area contributed by atoms with Gasteiger partial charge in [0.05, 0.1) is 19.7 Å². The van der Waals surface area contributed by atoms with Crippen molar-refractivity contribution in [1.29, 1.82) is 0 Å². The fraction of sp³-hybridized carbons (Fsp3) is 0.629. The van der Waals surface area contributed by atoms with Crippen molar-refractivity contribution in [2.45, 2.75) is 102 Å². The van der Waals surface area contributed by atoms with Crippen LogP contribution in [-0.2, 0) is 41.7 Å². The van der Waals surface area contributed by atoms with Crippen molar-refractivity contribution in [3.05, 3.63) is 47.3 Å². The Bertz CT molecular complexity index is 1510. The number of hydrogen-bond donors (Lipinski definition) is 3. The Kier molecular flexibility index (Phi) is 9.88. The molecule has 1 aromatic carbocycles. The lowest BCUT2D eigenvalue weighted by atomic mass is 10.1. The zero-order valence-corrected chi connectivity index (χ0v) is 28.3. The van der Waals surface area contributed by atoms with Gasteiger partial charge in [-0.25, -0.2) is 14.0 Å². The van der Waals surface area contributed by atoms with Gasteiger partial charge in [-0.2, -0.15) is 0 Å². The molecule has 266 valence electrons. The van der Waals surface area contributed by atoms with E-state index in [1.54, 1.807) is 32.9 Å². The van der Waals surface area contributed by atoms with Gasteiger partial charge in [-0.05, 0) is 70.4 Å². The highest BCUT2D eigenvalue weighted by Gasteiger charge is 2.61. The Labute approximate surface area is 285 Å². The summed E-state index contributed by atoms with van der Waals surface area (Å²) in [7, 11) is 0. The Hall–Kier alpha value is -4.20. The first-order valence-corrected chi connectivity index (χ1v) is 17.2. The van der Waals surface area contributed by atoms with Crippen LogP contribution < -0.4 is 16.0 Å². The summed E-state index contributed by atoms with van der Waals surface area (Å²) < 4.78 is 31.4. The molecule has 3 heterocycles. The molecule has 3 fully saturated rings. The zero-order chi connectivity index (χ0) is 34.9. The van der Waals surface area contributed by atoms with Crippen LogP contribution in [0.25, 0.3) is 0 Å². The molecule has 0 aromatic heterocycles. The number of halogens is 1. The first-order valence-electron chi connectivity index (χ1n) is 17.2. The van der Waals surface area contributed by atoms with E-state index < -0.39 is 59.1 Å². The summed E-state index contributed by atoms with van der Waals surface area (Å²) in [5, 5.41) is 8.63. The van der Waals surface area contributed by atoms with Gasteiger partial charge in [0, 0.05) is 37.6 Å². The second-order valence-electron chi connectivity index (χ2n) is 14.8. The van der Waals surface area contributed by atoms with Gasteiger partial charge in [0.25, 0.3) is 0 Å². The number of nitrogens with zero attached hydrogens (tertiary/aromatic N) is 2. The van der Waals surface area contributed by atoms with Crippen LogP contribution in [0.4, 0.5) is 14.0 Å². The van der Waals surface area contributed by atoms with E-state index in [1.165, 1.54) is 15.9 Å². The molecule has 0 bridgehead atoms. The topological polar surface area (TPSA) is 156 Å². The van der Waals surface area contributed by atoms with Gasteiger partial charge in [0.1, 0.15) is 35.1 Å². The lowest BCUT2D eigenvalue weighted by molar-refractivity contribution is -0.141. The maximum atomic E-state index is 14.4. The molecular formula is C35H46FN5O8. The average molecular weight is 684 g/mol. The Morgan fingerprint density at radius 3 is 2.67 bits per heavy atom. The quantitative estimate of drug-likeness (QED) is 0.401. The lowest BCUT2D eigenvalue weighted by Gasteiger charge is -2.30. The van der Waals surface area contributed by atoms with Crippen molar-refractivity contribution in [2.24, 2.45) is 11.8 Å². The number of carbonyl (C=O) groups excluding carboxylic acids is 5. The minimum absolute atomic E-state index is 0.0268. The van der Waals surface area contributed by atoms with Crippen molar-refractivity contribution in [3.63, 3.8) is 0 Å². The maximum Gasteiger partial charge on any atom is 0.410 e. The van der Waals surface area contributed by atoms with E-state index in [0.717, 1.165) is 12.8 Å². The van der Waals surface area contributed by atoms with Crippen LogP contribution in [0.5, 0.6) is 0 Å². The Balaban J connectivity index is 1.23. The van der Waals surface area contributed by atoms with Crippen LogP contribution in [0.3, 0.4) is 0 Å². The van der Waals surface area contributed by atoms with Crippen molar-refractivity contribution in [1.82, 2.24) is 25.8 Å². The summed E-state index contributed by atoms with van der Waals surface area (Å²) in [6.07, 6.45) is 4.43. The minimum Gasteiger partial charge on any atom is -0.444 e. The van der Waals surface area contributed by atoms with Gasteiger partial charge >= 0.3 is 12.2 Å². The molecule has 1 aromatic rings. The van der Waals surface area contributed by atoms with Gasteiger partial charge < -0.3 is 35.1 Å². The molecule has 49 heavy (non-hydrogen) atoms. The molecule has 2 saturated carbocycles. The number of carbonyl (C=O) groups is 5. The van der Waals surface area contributed by atoms with Crippen LogP contribution in [0, 0.1) is 17.7 Å². The fourth-order valence-electron chi connectivity index (χ4n) is 6.77. The van der Waals surface area contributed by atoms with E-state index in [4.69, 9.17) is 14.2 Å². The number of ether oxygens (including phenoxy) is 3. The number of nitrogens with one attached hydrogen (secondary N) is 3. The molecule has 6 rings (SSSR count). The third kappa shape index (κ3) is 8.17. The number of fused-ring (bicyclic) bond motifs is 3. The number of rotatable bonds is 5. The van der Waals surface area contributed by atoms with Crippen molar-refractivity contribution >= 4 is 29.9 Å². The van der Waals surface area contributed by atoms with E-state index in [2.05, 4.69) is 16.0 Å². The van der Waals surface area contributed by atoms with Gasteiger partial charge in [-0.15, -0.1) is 0 Å². The third-order valence-electron chi connectivity index (χ3n) is 9.67. The molecule has 14 heteroatoms. The second-order valence-corrected chi connectivity index (χ2v) is 14.8. The Morgan fingerprint density at radius 1 is 1.14 bits per heavy atom. The molecule has 5 atom stereocenters. The first kappa shape index (κ1) is 34.7. The molecular weight excluding hydrogens is 637 g/mol. The van der Waals surface area contributed by atoms with Gasteiger partial charge in [-0.1, -0.05) is 24.3 Å². The van der Waals surface area contributed by atoms with Crippen LogP contribution >= 0.6 is 0 Å². The minimum atomic E-state index is -1.19. The second kappa shape index (κ2) is 14.0. The highest BCUT2D eigenvalue weighted by atomic mass is 19.1. The van der Waals surface area contributed by atoms with Crippen LogP contribution in [0.1, 0.15) is 70.4 Å². The molecule has 5 amide bonds. The molecule has 1 saturated heterocycles. The first-order chi connectivity index (χ1) is 23.3.